The van der Waals surface area contributed by atoms with Crippen LogP contribution < -0.4 is 5.43 Å². The topological polar surface area (TPSA) is 88.8 Å². The third-order valence-electron chi connectivity index (χ3n) is 3.29. The molecule has 0 bridgehead atoms. The summed E-state index contributed by atoms with van der Waals surface area (Å²) in [6.07, 6.45) is 0. The second-order valence-electron chi connectivity index (χ2n) is 4.81. The molecule has 0 saturated carbocycles. The minimum atomic E-state index is -0.420. The first-order valence-electron chi connectivity index (χ1n) is 6.85. The van der Waals surface area contributed by atoms with Crippen LogP contribution in [-0.2, 0) is 6.54 Å². The van der Waals surface area contributed by atoms with Crippen LogP contribution in [0, 0.1) is 14.9 Å². The Morgan fingerprint density at radius 1 is 1.17 bits per heavy atom. The number of non-ortho nitro benzene ring substituents is 1. The number of aromatic nitrogens is 3. The maximum absolute atomic E-state index is 10.7. The lowest BCUT2D eigenvalue weighted by Crippen LogP contribution is -2.15. The summed E-state index contributed by atoms with van der Waals surface area (Å²) < 4.78 is 2.14. The van der Waals surface area contributed by atoms with E-state index in [1.807, 2.05) is 30.3 Å². The van der Waals surface area contributed by atoms with Crippen LogP contribution in [0.1, 0.15) is 5.56 Å². The molecule has 7 nitrogen and oxygen atoms in total. The molecule has 3 aromatic rings. The number of hydrogen-bond donors (Lipinski definition) is 2. The number of nitrogens with one attached hydrogen (secondary N) is 2. The molecule has 0 amide bonds. The number of rotatable bonds is 5. The SMILES string of the molecule is O=[N+]([O-])c1ccc(CNn2c(-c3ccccc3)n[nH]c2=S)cc1. The van der Waals surface area contributed by atoms with Crippen molar-refractivity contribution in [2.24, 2.45) is 0 Å². The van der Waals surface area contributed by atoms with E-state index in [2.05, 4.69) is 15.6 Å². The van der Waals surface area contributed by atoms with E-state index in [0.717, 1.165) is 11.1 Å². The summed E-state index contributed by atoms with van der Waals surface area (Å²) in [5, 5.41) is 17.7. The molecule has 1 aromatic heterocycles. The van der Waals surface area contributed by atoms with E-state index in [9.17, 15) is 10.1 Å². The molecule has 116 valence electrons. The molecule has 0 saturated heterocycles. The standard InChI is InChI=1S/C15H13N5O2S/c21-20(22)13-8-6-11(7-9-13)10-16-19-14(17-18-15(19)23)12-4-2-1-3-5-12/h1-9,16H,10H2,(H,18,23). The molecule has 0 unspecified atom stereocenters. The summed E-state index contributed by atoms with van der Waals surface area (Å²) >= 11 is 5.24. The lowest BCUT2D eigenvalue weighted by molar-refractivity contribution is -0.384. The number of benzene rings is 2. The van der Waals surface area contributed by atoms with Crippen molar-refractivity contribution in [1.29, 1.82) is 0 Å². The van der Waals surface area contributed by atoms with Crippen LogP contribution in [0.3, 0.4) is 0 Å². The van der Waals surface area contributed by atoms with Gasteiger partial charge in [0.1, 0.15) is 0 Å². The number of hydrogen-bond acceptors (Lipinski definition) is 5. The molecular weight excluding hydrogens is 314 g/mol. The highest BCUT2D eigenvalue weighted by Gasteiger charge is 2.09. The summed E-state index contributed by atoms with van der Waals surface area (Å²) in [7, 11) is 0. The fourth-order valence-corrected chi connectivity index (χ4v) is 2.33. The molecule has 0 aliphatic rings. The minimum absolute atomic E-state index is 0.0682. The fraction of sp³-hybridized carbons (Fsp3) is 0.0667. The smallest absolute Gasteiger partial charge is 0.269 e. The number of nitro groups is 1. The number of nitro benzene ring substituents is 1. The molecule has 8 heteroatoms. The van der Waals surface area contributed by atoms with Crippen molar-refractivity contribution in [3.63, 3.8) is 0 Å². The summed E-state index contributed by atoms with van der Waals surface area (Å²) in [5.41, 5.74) is 5.07. The van der Waals surface area contributed by atoms with Crippen molar-refractivity contribution >= 4 is 17.9 Å². The second kappa shape index (κ2) is 6.41. The average Bonchev–Trinajstić information content (AvgIpc) is 2.95. The van der Waals surface area contributed by atoms with Crippen LogP contribution in [0.15, 0.2) is 54.6 Å². The van der Waals surface area contributed by atoms with E-state index in [1.54, 1.807) is 16.8 Å². The van der Waals surface area contributed by atoms with E-state index in [4.69, 9.17) is 12.2 Å². The second-order valence-corrected chi connectivity index (χ2v) is 5.20. The van der Waals surface area contributed by atoms with Crippen molar-refractivity contribution in [3.8, 4) is 11.4 Å². The fourth-order valence-electron chi connectivity index (χ4n) is 2.13. The molecule has 2 N–H and O–H groups in total. The molecule has 1 heterocycles. The van der Waals surface area contributed by atoms with Gasteiger partial charge >= 0.3 is 0 Å². The van der Waals surface area contributed by atoms with Crippen LogP contribution in [0.2, 0.25) is 0 Å². The van der Waals surface area contributed by atoms with Crippen molar-refractivity contribution in [1.82, 2.24) is 14.9 Å². The van der Waals surface area contributed by atoms with Gasteiger partial charge in [0.2, 0.25) is 4.77 Å². The van der Waals surface area contributed by atoms with Gasteiger partial charge in [-0.25, -0.2) is 9.77 Å². The number of aromatic amines is 1. The Bertz CT molecular complexity index is 871. The first-order valence-corrected chi connectivity index (χ1v) is 7.26. The molecule has 23 heavy (non-hydrogen) atoms. The zero-order valence-electron chi connectivity index (χ0n) is 12.0. The Hall–Kier alpha value is -3.00. The molecule has 0 atom stereocenters. The molecule has 2 aromatic carbocycles. The van der Waals surface area contributed by atoms with Gasteiger partial charge in [-0.2, -0.15) is 5.10 Å². The lowest BCUT2D eigenvalue weighted by atomic mass is 10.2. The Labute approximate surface area is 136 Å². The van der Waals surface area contributed by atoms with Gasteiger partial charge in [-0.1, -0.05) is 42.5 Å². The molecule has 0 fully saturated rings. The van der Waals surface area contributed by atoms with Crippen molar-refractivity contribution < 1.29 is 4.92 Å². The Balaban J connectivity index is 1.80. The maximum Gasteiger partial charge on any atom is 0.269 e. The monoisotopic (exact) mass is 327 g/mol. The highest BCUT2D eigenvalue weighted by molar-refractivity contribution is 7.71. The van der Waals surface area contributed by atoms with Crippen LogP contribution in [0.5, 0.6) is 0 Å². The van der Waals surface area contributed by atoms with E-state index >= 15 is 0 Å². The van der Waals surface area contributed by atoms with Crippen molar-refractivity contribution in [2.45, 2.75) is 6.54 Å². The van der Waals surface area contributed by atoms with Gasteiger partial charge in [0.15, 0.2) is 5.82 Å². The van der Waals surface area contributed by atoms with Gasteiger partial charge in [0, 0.05) is 17.7 Å². The summed E-state index contributed by atoms with van der Waals surface area (Å²) in [6, 6.07) is 16.0. The zero-order valence-corrected chi connectivity index (χ0v) is 12.8. The maximum atomic E-state index is 10.7. The molecule has 0 spiro atoms. The predicted molar refractivity (Wildman–Crippen MR) is 89.0 cm³/mol. The molecule has 3 rings (SSSR count). The van der Waals surface area contributed by atoms with E-state index in [0.29, 0.717) is 17.1 Å². The van der Waals surface area contributed by atoms with E-state index in [1.165, 1.54) is 12.1 Å². The summed E-state index contributed by atoms with van der Waals surface area (Å²) in [6.45, 7) is 0.464. The van der Waals surface area contributed by atoms with E-state index in [-0.39, 0.29) is 5.69 Å². The van der Waals surface area contributed by atoms with Gasteiger partial charge in [-0.15, -0.1) is 0 Å². The lowest BCUT2D eigenvalue weighted by Gasteiger charge is -2.10. The Kier molecular flexibility index (Phi) is 4.15. The van der Waals surface area contributed by atoms with E-state index < -0.39 is 4.92 Å². The summed E-state index contributed by atoms with van der Waals surface area (Å²) in [4.78, 5) is 10.2. The van der Waals surface area contributed by atoms with Gasteiger partial charge in [-0.05, 0) is 17.8 Å². The molecule has 0 aliphatic carbocycles. The molecule has 0 radical (unpaired) electrons. The predicted octanol–water partition coefficient (Wildman–Crippen LogP) is 3.26. The van der Waals surface area contributed by atoms with Crippen molar-refractivity contribution in [3.05, 3.63) is 75.0 Å². The third kappa shape index (κ3) is 3.27. The first-order chi connectivity index (χ1) is 11.1. The van der Waals surface area contributed by atoms with Crippen LogP contribution >= 0.6 is 12.2 Å². The normalized spacial score (nSPS) is 10.4. The number of nitrogens with zero attached hydrogens (tertiary/aromatic N) is 3. The highest BCUT2D eigenvalue weighted by Crippen LogP contribution is 2.16. The average molecular weight is 327 g/mol. The Morgan fingerprint density at radius 3 is 2.52 bits per heavy atom. The first kappa shape index (κ1) is 14.9. The van der Waals surface area contributed by atoms with Crippen LogP contribution in [0.4, 0.5) is 5.69 Å². The van der Waals surface area contributed by atoms with Gasteiger partial charge in [0.05, 0.1) is 11.5 Å². The number of H-pyrrole nitrogens is 1. The highest BCUT2D eigenvalue weighted by atomic mass is 32.1. The Morgan fingerprint density at radius 2 is 1.87 bits per heavy atom. The minimum Gasteiger partial charge on any atom is -0.317 e. The molecular formula is C15H13N5O2S. The quantitative estimate of drug-likeness (QED) is 0.426. The van der Waals surface area contributed by atoms with Crippen LogP contribution in [-0.4, -0.2) is 19.8 Å². The van der Waals surface area contributed by atoms with Gasteiger partial charge in [0.25, 0.3) is 5.69 Å². The van der Waals surface area contributed by atoms with Gasteiger partial charge in [-0.3, -0.25) is 10.1 Å². The van der Waals surface area contributed by atoms with Crippen LogP contribution in [0.25, 0.3) is 11.4 Å². The summed E-state index contributed by atoms with van der Waals surface area (Å²) in [5.74, 6) is 0.678. The third-order valence-corrected chi connectivity index (χ3v) is 3.57. The van der Waals surface area contributed by atoms with Gasteiger partial charge < -0.3 is 5.43 Å². The van der Waals surface area contributed by atoms with Crippen molar-refractivity contribution in [2.75, 3.05) is 5.43 Å². The largest absolute Gasteiger partial charge is 0.317 e. The molecule has 0 aliphatic heterocycles. The zero-order chi connectivity index (χ0) is 16.2.